The molecule has 31 heavy (non-hydrogen) atoms. The Morgan fingerprint density at radius 3 is 2.45 bits per heavy atom. The van der Waals surface area contributed by atoms with E-state index in [-0.39, 0.29) is 23.9 Å². The van der Waals surface area contributed by atoms with Crippen molar-refractivity contribution in [1.29, 1.82) is 0 Å². The molecule has 3 rings (SSSR count). The second-order valence-electron chi connectivity index (χ2n) is 7.10. The fourth-order valence-electron chi connectivity index (χ4n) is 3.50. The number of halogens is 3. The van der Waals surface area contributed by atoms with Crippen LogP contribution in [0.3, 0.4) is 0 Å². The van der Waals surface area contributed by atoms with Gasteiger partial charge in [0.2, 0.25) is 0 Å². The van der Waals surface area contributed by atoms with Crippen LogP contribution in [0.2, 0.25) is 0 Å². The molecular weight excluding hydrogens is 472 g/mol. The van der Waals surface area contributed by atoms with E-state index in [0.29, 0.717) is 34.2 Å². The number of amidine groups is 1. The Morgan fingerprint density at radius 1 is 1.16 bits per heavy atom. The van der Waals surface area contributed by atoms with Gasteiger partial charge in [0.05, 0.1) is 0 Å². The maximum atomic E-state index is 13.3. The van der Waals surface area contributed by atoms with E-state index in [0.717, 1.165) is 0 Å². The van der Waals surface area contributed by atoms with Gasteiger partial charge in [-0.2, -0.15) is 0 Å². The third-order valence-electron chi connectivity index (χ3n) is 5.13. The van der Waals surface area contributed by atoms with E-state index < -0.39 is 18.8 Å². The first kappa shape index (κ1) is 23.1. The molecule has 2 aromatic rings. The van der Waals surface area contributed by atoms with Crippen LogP contribution in [-0.4, -0.2) is 58.4 Å². The fraction of sp³-hybridized carbons (Fsp3) is 0.318. The normalized spacial score (nSPS) is 18.5. The Bertz CT molecular complexity index is 998. The number of nitrogens with zero attached hydrogens (tertiary/aromatic N) is 2. The number of aliphatic imine (C=N–C) groups is 1. The van der Waals surface area contributed by atoms with Crippen molar-refractivity contribution in [2.45, 2.75) is 31.4 Å². The van der Waals surface area contributed by atoms with Crippen LogP contribution in [0, 0.1) is 0 Å². The number of amides is 1. The molecule has 9 heteroatoms. The molecule has 0 saturated carbocycles. The first-order valence-electron chi connectivity index (χ1n) is 9.68. The van der Waals surface area contributed by atoms with Crippen LogP contribution in [0.1, 0.15) is 40.7 Å². The molecule has 0 spiro atoms. The Balaban J connectivity index is 2.05. The standard InChI is InChI=1S/C22H22AsF3N2O3/c1-28-19(30)22(27-20(28)23,15-8-10-17(11-9-15)31-21(25)26)16-6-4-5-14(13-16)18(29)7-2-3-12-24/h4-6,8-11,13,21H,2-3,7,12,23H2,1H3. The molecule has 0 aromatic heterocycles. The van der Waals surface area contributed by atoms with Gasteiger partial charge in [0.25, 0.3) is 0 Å². The number of benzene rings is 2. The number of carbonyl (C=O) groups is 2. The van der Waals surface area contributed by atoms with Gasteiger partial charge in [-0.3, -0.25) is 0 Å². The minimum atomic E-state index is -2.96. The van der Waals surface area contributed by atoms with Gasteiger partial charge in [0, 0.05) is 0 Å². The summed E-state index contributed by atoms with van der Waals surface area (Å²) in [5.74, 6) is -0.485. The maximum absolute atomic E-state index is 13.3. The molecule has 0 aliphatic carbocycles. The zero-order valence-corrected chi connectivity index (χ0v) is 19.3. The average Bonchev–Trinajstić information content (AvgIpc) is 2.99. The second-order valence-corrected chi connectivity index (χ2v) is 8.18. The predicted molar refractivity (Wildman–Crippen MR) is 113 cm³/mol. The van der Waals surface area contributed by atoms with Crippen molar-refractivity contribution in [2.24, 2.45) is 4.99 Å². The van der Waals surface area contributed by atoms with Gasteiger partial charge in [0.1, 0.15) is 0 Å². The summed E-state index contributed by atoms with van der Waals surface area (Å²) in [6.07, 6.45) is 0.967. The molecule has 1 aliphatic rings. The Kier molecular flexibility index (Phi) is 7.21. The van der Waals surface area contributed by atoms with Gasteiger partial charge in [-0.15, -0.1) is 0 Å². The van der Waals surface area contributed by atoms with Crippen molar-refractivity contribution < 1.29 is 27.5 Å². The third-order valence-corrected chi connectivity index (χ3v) is 6.21. The number of ether oxygens (including phenoxy) is 1. The summed E-state index contributed by atoms with van der Waals surface area (Å²) < 4.78 is 42.3. The number of carbonyl (C=O) groups excluding carboxylic acids is 2. The van der Waals surface area contributed by atoms with Gasteiger partial charge in [-0.25, -0.2) is 0 Å². The summed E-state index contributed by atoms with van der Waals surface area (Å²) in [5, 5.41) is 0. The summed E-state index contributed by atoms with van der Waals surface area (Å²) in [6.45, 7) is -3.43. The van der Waals surface area contributed by atoms with E-state index in [1.165, 1.54) is 46.0 Å². The van der Waals surface area contributed by atoms with Crippen LogP contribution in [0.15, 0.2) is 53.5 Å². The molecule has 0 radical (unpaired) electrons. The van der Waals surface area contributed by atoms with Crippen molar-refractivity contribution in [3.8, 4) is 5.75 Å². The molecule has 164 valence electrons. The Labute approximate surface area is 186 Å². The van der Waals surface area contributed by atoms with Gasteiger partial charge in [-0.1, -0.05) is 0 Å². The number of ketones is 1. The molecular formula is C22H22AsF3N2O3. The van der Waals surface area contributed by atoms with Crippen LogP contribution in [-0.2, 0) is 10.3 Å². The molecule has 0 N–H and O–H groups in total. The van der Waals surface area contributed by atoms with E-state index in [4.69, 9.17) is 0 Å². The zero-order valence-electron chi connectivity index (χ0n) is 16.9. The van der Waals surface area contributed by atoms with Gasteiger partial charge in [0.15, 0.2) is 0 Å². The number of alkyl halides is 3. The molecule has 2 aromatic carbocycles. The van der Waals surface area contributed by atoms with E-state index in [1.54, 1.807) is 31.3 Å². The number of likely N-dealkylation sites (N-methyl/N-ethyl adjacent to an activating group) is 1. The summed E-state index contributed by atoms with van der Waals surface area (Å²) in [5.41, 5.74) is -0.0512. The van der Waals surface area contributed by atoms with Crippen molar-refractivity contribution in [1.82, 2.24) is 4.90 Å². The number of hydrogen-bond donors (Lipinski definition) is 0. The van der Waals surface area contributed by atoms with E-state index in [1.807, 2.05) is 0 Å². The van der Waals surface area contributed by atoms with Crippen molar-refractivity contribution >= 4 is 33.2 Å². The van der Waals surface area contributed by atoms with Gasteiger partial charge >= 0.3 is 187 Å². The number of rotatable bonds is 9. The summed E-state index contributed by atoms with van der Waals surface area (Å²) in [4.78, 5) is 32.0. The quantitative estimate of drug-likeness (QED) is 0.306. The number of hydrogen-bond acceptors (Lipinski definition) is 4. The molecule has 2 unspecified atom stereocenters. The molecule has 0 fully saturated rings. The molecule has 5 nitrogen and oxygen atoms in total. The summed E-state index contributed by atoms with van der Waals surface area (Å²) >= 11 is 1.17. The van der Waals surface area contributed by atoms with Crippen molar-refractivity contribution in [3.05, 3.63) is 65.2 Å². The monoisotopic (exact) mass is 494 g/mol. The number of unbranched alkanes of at least 4 members (excludes halogenated alkanes) is 1. The van der Waals surface area contributed by atoms with Crippen molar-refractivity contribution in [3.63, 3.8) is 0 Å². The Morgan fingerprint density at radius 2 is 1.87 bits per heavy atom. The minimum absolute atomic E-state index is 0.0330. The van der Waals surface area contributed by atoms with E-state index in [2.05, 4.69) is 9.73 Å². The molecule has 2 atom stereocenters. The van der Waals surface area contributed by atoms with E-state index >= 15 is 0 Å². The van der Waals surface area contributed by atoms with Crippen LogP contribution < -0.4 is 4.74 Å². The predicted octanol–water partition coefficient (Wildman–Crippen LogP) is 3.32. The Hall–Kier alpha value is -2.60. The van der Waals surface area contributed by atoms with Crippen LogP contribution in [0.25, 0.3) is 0 Å². The molecule has 0 bridgehead atoms. The summed E-state index contributed by atoms with van der Waals surface area (Å²) in [7, 11) is 1.62. The topological polar surface area (TPSA) is 59.0 Å². The van der Waals surface area contributed by atoms with Crippen LogP contribution in [0.4, 0.5) is 13.2 Å². The first-order chi connectivity index (χ1) is 14.8. The SMILES string of the molecule is CN1C(=O)C(c2ccc(OC(F)F)cc2)(c2cccc(C(=O)CCCCF)c2)N=C1[AsH2]. The molecule has 0 saturated heterocycles. The van der Waals surface area contributed by atoms with Gasteiger partial charge < -0.3 is 0 Å². The fourth-order valence-corrected chi connectivity index (χ4v) is 4.16. The zero-order chi connectivity index (χ0) is 22.6. The molecule has 1 heterocycles. The van der Waals surface area contributed by atoms with Gasteiger partial charge in [-0.05, 0) is 0 Å². The average molecular weight is 494 g/mol. The van der Waals surface area contributed by atoms with Crippen LogP contribution >= 0.6 is 0 Å². The van der Waals surface area contributed by atoms with Crippen molar-refractivity contribution in [2.75, 3.05) is 13.7 Å². The molecule has 1 amide bonds. The molecule has 1 aliphatic heterocycles. The van der Waals surface area contributed by atoms with Crippen LogP contribution in [0.5, 0.6) is 5.75 Å². The number of Topliss-reactive ketones (excluding diaryl/α,β-unsaturated/α-hetero) is 1. The summed E-state index contributed by atoms with van der Waals surface area (Å²) in [6, 6.07) is 12.4. The first-order valence-corrected chi connectivity index (χ1v) is 10.9. The van der Waals surface area contributed by atoms with E-state index in [9.17, 15) is 22.8 Å². The third kappa shape index (κ3) is 4.69. The second kappa shape index (κ2) is 9.69.